The first-order chi connectivity index (χ1) is 10.4. The second-order valence-corrected chi connectivity index (χ2v) is 5.27. The minimum Gasteiger partial charge on any atom is -0.480 e. The summed E-state index contributed by atoms with van der Waals surface area (Å²) in [5, 5.41) is 14.2. The number of rotatable bonds is 12. The van der Waals surface area contributed by atoms with Crippen LogP contribution in [0.3, 0.4) is 0 Å². The third-order valence-electron chi connectivity index (χ3n) is 3.21. The van der Waals surface area contributed by atoms with Gasteiger partial charge in [0.05, 0.1) is 6.04 Å². The van der Waals surface area contributed by atoms with E-state index in [0.717, 1.165) is 12.8 Å². The first kappa shape index (κ1) is 20.3. The highest BCUT2D eigenvalue weighted by atomic mass is 16.4. The Morgan fingerprint density at radius 2 is 1.73 bits per heavy atom. The van der Waals surface area contributed by atoms with E-state index in [-0.39, 0.29) is 5.91 Å². The molecule has 0 bridgehead atoms. The molecule has 0 aromatic carbocycles. The van der Waals surface area contributed by atoms with Gasteiger partial charge in [0.1, 0.15) is 6.04 Å². The lowest BCUT2D eigenvalue weighted by atomic mass is 10.1. The van der Waals surface area contributed by atoms with Gasteiger partial charge in [0.25, 0.3) is 0 Å². The number of carboxylic acid groups (broad SMARTS) is 1. The van der Waals surface area contributed by atoms with Crippen molar-refractivity contribution in [1.29, 1.82) is 0 Å². The molecule has 0 rings (SSSR count). The monoisotopic (exact) mass is 316 g/mol. The van der Waals surface area contributed by atoms with E-state index in [1.54, 1.807) is 0 Å². The molecule has 22 heavy (non-hydrogen) atoms. The second-order valence-electron chi connectivity index (χ2n) is 5.27. The maximum atomic E-state index is 11.9. The number of hydrogen-bond donors (Lipinski definition) is 5. The topological polar surface area (TPSA) is 148 Å². The zero-order chi connectivity index (χ0) is 17.0. The number of carbonyl (C=O) groups excluding carboxylic acids is 2. The average molecular weight is 316 g/mol. The predicted molar refractivity (Wildman–Crippen MR) is 83.0 cm³/mol. The van der Waals surface area contributed by atoms with Crippen LogP contribution in [0.4, 0.5) is 0 Å². The zero-order valence-electron chi connectivity index (χ0n) is 13.1. The van der Waals surface area contributed by atoms with Gasteiger partial charge in [0, 0.05) is 13.5 Å². The maximum Gasteiger partial charge on any atom is 0.326 e. The largest absolute Gasteiger partial charge is 0.480 e. The van der Waals surface area contributed by atoms with Gasteiger partial charge in [-0.3, -0.25) is 9.59 Å². The lowest BCUT2D eigenvalue weighted by molar-refractivity contribution is -0.142. The molecule has 8 heteroatoms. The number of hydrogen-bond acceptors (Lipinski definition) is 5. The Labute approximate surface area is 131 Å². The smallest absolute Gasteiger partial charge is 0.326 e. The van der Waals surface area contributed by atoms with Gasteiger partial charge in [0.2, 0.25) is 11.8 Å². The molecule has 2 atom stereocenters. The SMILES string of the molecule is CC(=O)NCCCCC(N)C(=O)NC(CCCCN)C(=O)O. The van der Waals surface area contributed by atoms with E-state index in [0.29, 0.717) is 38.8 Å². The van der Waals surface area contributed by atoms with Crippen molar-refractivity contribution in [2.75, 3.05) is 13.1 Å². The second kappa shape index (κ2) is 11.9. The van der Waals surface area contributed by atoms with Gasteiger partial charge >= 0.3 is 5.97 Å². The number of aliphatic carboxylic acids is 1. The fourth-order valence-electron chi connectivity index (χ4n) is 1.91. The summed E-state index contributed by atoms with van der Waals surface area (Å²) in [7, 11) is 0. The maximum absolute atomic E-state index is 11.9. The normalized spacial score (nSPS) is 13.2. The number of nitrogens with one attached hydrogen (secondary N) is 2. The molecular formula is C14H28N4O4. The highest BCUT2D eigenvalue weighted by Crippen LogP contribution is 2.03. The summed E-state index contributed by atoms with van der Waals surface area (Å²) in [4.78, 5) is 33.6. The molecule has 0 heterocycles. The molecule has 0 aliphatic heterocycles. The average Bonchev–Trinajstić information content (AvgIpc) is 2.45. The fourth-order valence-corrected chi connectivity index (χ4v) is 1.91. The summed E-state index contributed by atoms with van der Waals surface area (Å²) < 4.78 is 0. The molecule has 0 fully saturated rings. The van der Waals surface area contributed by atoms with Crippen LogP contribution in [-0.2, 0) is 14.4 Å². The van der Waals surface area contributed by atoms with Gasteiger partial charge in [0.15, 0.2) is 0 Å². The van der Waals surface area contributed by atoms with Crippen LogP contribution in [0.5, 0.6) is 0 Å². The third kappa shape index (κ3) is 10.1. The van der Waals surface area contributed by atoms with Gasteiger partial charge in [-0.15, -0.1) is 0 Å². The van der Waals surface area contributed by atoms with E-state index in [2.05, 4.69) is 10.6 Å². The van der Waals surface area contributed by atoms with Gasteiger partial charge in [-0.25, -0.2) is 4.79 Å². The molecule has 7 N–H and O–H groups in total. The first-order valence-electron chi connectivity index (χ1n) is 7.61. The van der Waals surface area contributed by atoms with E-state index in [1.165, 1.54) is 6.92 Å². The zero-order valence-corrected chi connectivity index (χ0v) is 13.1. The highest BCUT2D eigenvalue weighted by molar-refractivity contribution is 5.86. The van der Waals surface area contributed by atoms with Crippen molar-refractivity contribution in [2.45, 2.75) is 57.5 Å². The van der Waals surface area contributed by atoms with Gasteiger partial charge in [-0.05, 0) is 45.1 Å². The molecule has 0 radical (unpaired) electrons. The predicted octanol–water partition coefficient (Wildman–Crippen LogP) is -0.681. The van der Waals surface area contributed by atoms with Crippen LogP contribution in [0, 0.1) is 0 Å². The lowest BCUT2D eigenvalue weighted by Crippen LogP contribution is -2.48. The molecule has 0 aliphatic rings. The Morgan fingerprint density at radius 1 is 1.09 bits per heavy atom. The molecule has 128 valence electrons. The Bertz CT molecular complexity index is 363. The molecule has 0 saturated carbocycles. The van der Waals surface area contributed by atoms with E-state index in [4.69, 9.17) is 16.6 Å². The third-order valence-corrected chi connectivity index (χ3v) is 3.21. The highest BCUT2D eigenvalue weighted by Gasteiger charge is 2.22. The Kier molecular flexibility index (Phi) is 11.0. The molecule has 8 nitrogen and oxygen atoms in total. The summed E-state index contributed by atoms with van der Waals surface area (Å²) >= 11 is 0. The molecule has 2 amide bonds. The lowest BCUT2D eigenvalue weighted by Gasteiger charge is -2.17. The summed E-state index contributed by atoms with van der Waals surface area (Å²) in [5.74, 6) is -1.62. The molecule has 0 saturated heterocycles. The molecule has 0 aromatic rings. The summed E-state index contributed by atoms with van der Waals surface area (Å²) in [6, 6.07) is -1.67. The van der Waals surface area contributed by atoms with Gasteiger partial charge in [-0.2, -0.15) is 0 Å². The molecule has 0 aromatic heterocycles. The molecule has 2 unspecified atom stereocenters. The van der Waals surface area contributed by atoms with Crippen LogP contribution >= 0.6 is 0 Å². The molecular weight excluding hydrogens is 288 g/mol. The molecule has 0 spiro atoms. The minimum atomic E-state index is -1.07. The van der Waals surface area contributed by atoms with Crippen LogP contribution in [0.15, 0.2) is 0 Å². The van der Waals surface area contributed by atoms with Crippen LogP contribution in [0.25, 0.3) is 0 Å². The van der Waals surface area contributed by atoms with E-state index < -0.39 is 24.0 Å². The van der Waals surface area contributed by atoms with Crippen molar-refractivity contribution in [3.05, 3.63) is 0 Å². The van der Waals surface area contributed by atoms with Crippen LogP contribution in [0.2, 0.25) is 0 Å². The van der Waals surface area contributed by atoms with Gasteiger partial charge in [-0.1, -0.05) is 0 Å². The molecule has 0 aliphatic carbocycles. The van der Waals surface area contributed by atoms with Crippen LogP contribution in [0.1, 0.15) is 45.4 Å². The Balaban J connectivity index is 4.03. The number of carbonyl (C=O) groups is 3. The number of amides is 2. The number of carboxylic acids is 1. The van der Waals surface area contributed by atoms with E-state index >= 15 is 0 Å². The standard InChI is InChI=1S/C14H28N4O4/c1-10(19)17-9-5-3-6-11(16)13(20)18-12(14(21)22)7-2-4-8-15/h11-12H,2-9,15-16H2,1H3,(H,17,19)(H,18,20)(H,21,22). The first-order valence-corrected chi connectivity index (χ1v) is 7.61. The van der Waals surface area contributed by atoms with Crippen molar-refractivity contribution in [3.8, 4) is 0 Å². The van der Waals surface area contributed by atoms with E-state index in [9.17, 15) is 14.4 Å². The van der Waals surface area contributed by atoms with Crippen molar-refractivity contribution in [3.63, 3.8) is 0 Å². The summed E-state index contributed by atoms with van der Waals surface area (Å²) in [6.07, 6.45) is 3.54. The number of unbranched alkanes of at least 4 members (excludes halogenated alkanes) is 2. The Morgan fingerprint density at radius 3 is 2.27 bits per heavy atom. The quantitative estimate of drug-likeness (QED) is 0.301. The van der Waals surface area contributed by atoms with E-state index in [1.807, 2.05) is 0 Å². The van der Waals surface area contributed by atoms with Gasteiger partial charge < -0.3 is 27.2 Å². The van der Waals surface area contributed by atoms with Crippen molar-refractivity contribution in [2.24, 2.45) is 11.5 Å². The van der Waals surface area contributed by atoms with Crippen LogP contribution < -0.4 is 22.1 Å². The minimum absolute atomic E-state index is 0.0937. The Hall–Kier alpha value is -1.67. The van der Waals surface area contributed by atoms with Crippen molar-refractivity contribution >= 4 is 17.8 Å². The summed E-state index contributed by atoms with van der Waals surface area (Å²) in [5.41, 5.74) is 11.1. The fraction of sp³-hybridized carbons (Fsp3) is 0.786. The van der Waals surface area contributed by atoms with Crippen LogP contribution in [-0.4, -0.2) is 48.1 Å². The van der Waals surface area contributed by atoms with Crippen molar-refractivity contribution < 1.29 is 19.5 Å². The van der Waals surface area contributed by atoms with Crippen molar-refractivity contribution in [1.82, 2.24) is 10.6 Å². The summed E-state index contributed by atoms with van der Waals surface area (Å²) in [6.45, 7) is 2.48. The number of nitrogens with two attached hydrogens (primary N) is 2.